The van der Waals surface area contributed by atoms with Crippen molar-refractivity contribution in [2.24, 2.45) is 0 Å². The number of nitrogens with zero attached hydrogens (tertiary/aromatic N) is 6. The maximum absolute atomic E-state index is 4.65. The average Bonchev–Trinajstić information content (AvgIpc) is 3.26. The second kappa shape index (κ2) is 5.92. The maximum atomic E-state index is 4.65. The fourth-order valence-electron chi connectivity index (χ4n) is 3.01. The number of aryl methyl sites for hydroxylation is 4. The third-order valence-corrected chi connectivity index (χ3v) is 4.10. The SMILES string of the molecule is Cc1cc(C)n2ncc(-c3nccn3CCCc3ncc[nH]3)c2n1. The molecule has 0 saturated heterocycles. The summed E-state index contributed by atoms with van der Waals surface area (Å²) in [6.45, 7) is 4.91. The van der Waals surface area contributed by atoms with Crippen molar-refractivity contribution in [1.82, 2.24) is 34.1 Å². The number of aromatic amines is 1. The van der Waals surface area contributed by atoms with E-state index in [0.29, 0.717) is 0 Å². The van der Waals surface area contributed by atoms with Crippen molar-refractivity contribution in [3.63, 3.8) is 0 Å². The number of fused-ring (bicyclic) bond motifs is 1. The van der Waals surface area contributed by atoms with Gasteiger partial charge in [0.25, 0.3) is 0 Å². The molecule has 7 heteroatoms. The van der Waals surface area contributed by atoms with Gasteiger partial charge in [-0.3, -0.25) is 0 Å². The van der Waals surface area contributed by atoms with E-state index in [-0.39, 0.29) is 0 Å². The van der Waals surface area contributed by atoms with E-state index < -0.39 is 0 Å². The first-order valence-electron chi connectivity index (χ1n) is 8.04. The summed E-state index contributed by atoms with van der Waals surface area (Å²) in [4.78, 5) is 16.6. The summed E-state index contributed by atoms with van der Waals surface area (Å²) in [6.07, 6.45) is 11.2. The summed E-state index contributed by atoms with van der Waals surface area (Å²) < 4.78 is 4.02. The van der Waals surface area contributed by atoms with Gasteiger partial charge in [0.05, 0.1) is 11.8 Å². The summed E-state index contributed by atoms with van der Waals surface area (Å²) in [5, 5.41) is 4.46. The number of aromatic nitrogens is 7. The minimum atomic E-state index is 0.853. The minimum Gasteiger partial charge on any atom is -0.349 e. The molecule has 0 aliphatic rings. The zero-order chi connectivity index (χ0) is 16.5. The molecule has 1 N–H and O–H groups in total. The number of hydrogen-bond donors (Lipinski definition) is 1. The molecule has 0 amide bonds. The summed E-state index contributed by atoms with van der Waals surface area (Å²) in [5.74, 6) is 1.92. The predicted molar refractivity (Wildman–Crippen MR) is 90.6 cm³/mol. The van der Waals surface area contributed by atoms with Crippen molar-refractivity contribution in [1.29, 1.82) is 0 Å². The Kier molecular flexibility index (Phi) is 3.60. The summed E-state index contributed by atoms with van der Waals surface area (Å²) in [7, 11) is 0. The van der Waals surface area contributed by atoms with Crippen LogP contribution in [-0.2, 0) is 13.0 Å². The van der Waals surface area contributed by atoms with Crippen LogP contribution in [0, 0.1) is 13.8 Å². The van der Waals surface area contributed by atoms with Gasteiger partial charge in [-0.2, -0.15) is 5.10 Å². The lowest BCUT2D eigenvalue weighted by Gasteiger charge is -2.07. The smallest absolute Gasteiger partial charge is 0.166 e. The van der Waals surface area contributed by atoms with Gasteiger partial charge in [-0.1, -0.05) is 0 Å². The third-order valence-electron chi connectivity index (χ3n) is 4.10. The molecule has 4 heterocycles. The number of nitrogens with one attached hydrogen (secondary N) is 1. The Morgan fingerprint density at radius 1 is 1.17 bits per heavy atom. The number of H-pyrrole nitrogens is 1. The van der Waals surface area contributed by atoms with Gasteiger partial charge in [-0.15, -0.1) is 0 Å². The van der Waals surface area contributed by atoms with E-state index in [2.05, 4.69) is 29.6 Å². The van der Waals surface area contributed by atoms with Crippen LogP contribution in [0.3, 0.4) is 0 Å². The monoisotopic (exact) mass is 321 g/mol. The molecule has 0 radical (unpaired) electrons. The van der Waals surface area contributed by atoms with Crippen molar-refractivity contribution in [2.75, 3.05) is 0 Å². The Morgan fingerprint density at radius 3 is 2.92 bits per heavy atom. The topological polar surface area (TPSA) is 76.7 Å². The van der Waals surface area contributed by atoms with Gasteiger partial charge in [0.15, 0.2) is 5.65 Å². The molecule has 0 unspecified atom stereocenters. The maximum Gasteiger partial charge on any atom is 0.166 e. The summed E-state index contributed by atoms with van der Waals surface area (Å²) >= 11 is 0. The molecule has 0 aliphatic heterocycles. The Hall–Kier alpha value is -2.96. The Bertz CT molecular complexity index is 962. The Balaban J connectivity index is 1.62. The van der Waals surface area contributed by atoms with Crippen LogP contribution < -0.4 is 0 Å². The largest absolute Gasteiger partial charge is 0.349 e. The second-order valence-electron chi connectivity index (χ2n) is 5.92. The van der Waals surface area contributed by atoms with Crippen LogP contribution in [0.4, 0.5) is 0 Å². The van der Waals surface area contributed by atoms with Crippen molar-refractivity contribution in [3.05, 3.63) is 54.3 Å². The predicted octanol–water partition coefficient (Wildman–Crippen LogP) is 2.57. The first-order chi connectivity index (χ1) is 11.7. The van der Waals surface area contributed by atoms with Gasteiger partial charge in [0, 0.05) is 49.1 Å². The molecular formula is C17H19N7. The molecule has 24 heavy (non-hydrogen) atoms. The average molecular weight is 321 g/mol. The number of rotatable bonds is 5. The molecule has 0 atom stereocenters. The molecule has 0 saturated carbocycles. The minimum absolute atomic E-state index is 0.853. The molecule has 0 aliphatic carbocycles. The van der Waals surface area contributed by atoms with E-state index in [4.69, 9.17) is 0 Å². The van der Waals surface area contributed by atoms with Crippen LogP contribution in [0.2, 0.25) is 0 Å². The molecule has 122 valence electrons. The van der Waals surface area contributed by atoms with Crippen LogP contribution in [-0.4, -0.2) is 34.1 Å². The molecule has 0 bridgehead atoms. The molecule has 4 aromatic heterocycles. The molecular weight excluding hydrogens is 302 g/mol. The standard InChI is InChI=1S/C17H19N7/c1-12-10-13(2)24-17(22-12)14(11-21-24)16-20-7-9-23(16)8-3-4-15-18-5-6-19-15/h5-7,9-11H,3-4,8H2,1-2H3,(H,18,19). The molecule has 4 aromatic rings. The van der Waals surface area contributed by atoms with E-state index in [9.17, 15) is 0 Å². The van der Waals surface area contributed by atoms with E-state index in [1.165, 1.54) is 0 Å². The van der Waals surface area contributed by atoms with Crippen molar-refractivity contribution in [2.45, 2.75) is 33.2 Å². The highest BCUT2D eigenvalue weighted by molar-refractivity contribution is 5.72. The van der Waals surface area contributed by atoms with Crippen molar-refractivity contribution in [3.8, 4) is 11.4 Å². The Labute approximate surface area is 139 Å². The quantitative estimate of drug-likeness (QED) is 0.613. The fourth-order valence-corrected chi connectivity index (χ4v) is 3.01. The number of hydrogen-bond acceptors (Lipinski definition) is 4. The van der Waals surface area contributed by atoms with E-state index in [1.54, 1.807) is 6.20 Å². The molecule has 0 spiro atoms. The van der Waals surface area contributed by atoms with Gasteiger partial charge in [0.2, 0.25) is 0 Å². The highest BCUT2D eigenvalue weighted by atomic mass is 15.3. The number of imidazole rings is 2. The summed E-state index contributed by atoms with van der Waals surface area (Å²) in [6, 6.07) is 2.03. The lowest BCUT2D eigenvalue weighted by Crippen LogP contribution is -2.03. The van der Waals surface area contributed by atoms with E-state index in [1.807, 2.05) is 49.2 Å². The van der Waals surface area contributed by atoms with Crippen LogP contribution >= 0.6 is 0 Å². The van der Waals surface area contributed by atoms with Gasteiger partial charge in [0.1, 0.15) is 11.6 Å². The highest BCUT2D eigenvalue weighted by Crippen LogP contribution is 2.23. The third kappa shape index (κ3) is 2.58. The van der Waals surface area contributed by atoms with Crippen molar-refractivity contribution >= 4 is 5.65 Å². The van der Waals surface area contributed by atoms with Crippen LogP contribution in [0.5, 0.6) is 0 Å². The van der Waals surface area contributed by atoms with Crippen LogP contribution in [0.1, 0.15) is 23.6 Å². The normalized spacial score (nSPS) is 11.4. The second-order valence-corrected chi connectivity index (χ2v) is 5.92. The zero-order valence-corrected chi connectivity index (χ0v) is 13.8. The summed E-state index contributed by atoms with van der Waals surface area (Å²) in [5.41, 5.74) is 3.87. The first kappa shape index (κ1) is 14.6. The van der Waals surface area contributed by atoms with Gasteiger partial charge < -0.3 is 9.55 Å². The highest BCUT2D eigenvalue weighted by Gasteiger charge is 2.14. The zero-order valence-electron chi connectivity index (χ0n) is 13.8. The first-order valence-corrected chi connectivity index (χ1v) is 8.04. The van der Waals surface area contributed by atoms with Crippen molar-refractivity contribution < 1.29 is 0 Å². The molecule has 4 rings (SSSR count). The molecule has 7 nitrogen and oxygen atoms in total. The van der Waals surface area contributed by atoms with Crippen LogP contribution in [0.15, 0.2) is 37.1 Å². The molecule has 0 aromatic carbocycles. The van der Waals surface area contributed by atoms with E-state index in [0.717, 1.165) is 53.6 Å². The van der Waals surface area contributed by atoms with Gasteiger partial charge in [-0.25, -0.2) is 19.5 Å². The van der Waals surface area contributed by atoms with Gasteiger partial charge in [-0.05, 0) is 26.3 Å². The van der Waals surface area contributed by atoms with E-state index >= 15 is 0 Å². The Morgan fingerprint density at radius 2 is 2.08 bits per heavy atom. The fraction of sp³-hybridized carbons (Fsp3) is 0.294. The van der Waals surface area contributed by atoms with Crippen LogP contribution in [0.25, 0.3) is 17.0 Å². The lowest BCUT2D eigenvalue weighted by molar-refractivity contribution is 0.636. The lowest BCUT2D eigenvalue weighted by atomic mass is 10.2. The van der Waals surface area contributed by atoms with Gasteiger partial charge >= 0.3 is 0 Å². The molecule has 0 fully saturated rings.